The molecule has 186 valence electrons. The fourth-order valence-electron chi connectivity index (χ4n) is 6.53. The Kier molecular flexibility index (Phi) is 6.83. The van der Waals surface area contributed by atoms with E-state index in [4.69, 9.17) is 9.47 Å². The molecule has 4 atom stereocenters. The molecule has 1 aliphatic heterocycles. The van der Waals surface area contributed by atoms with Gasteiger partial charge in [0.15, 0.2) is 6.04 Å². The van der Waals surface area contributed by atoms with E-state index in [0.717, 1.165) is 53.9 Å². The number of ether oxygens (including phenoxy) is 2. The summed E-state index contributed by atoms with van der Waals surface area (Å²) < 4.78 is 26.5. The summed E-state index contributed by atoms with van der Waals surface area (Å²) in [6.07, 6.45) is 11.8. The number of hydrogen-bond acceptors (Lipinski definition) is 4. The van der Waals surface area contributed by atoms with E-state index >= 15 is 4.39 Å². The van der Waals surface area contributed by atoms with E-state index in [1.54, 1.807) is 13.0 Å². The Balaban J connectivity index is 1.23. The predicted molar refractivity (Wildman–Crippen MR) is 124 cm³/mol. The highest BCUT2D eigenvalue weighted by Crippen LogP contribution is 2.46. The average molecular weight is 474 g/mol. The van der Waals surface area contributed by atoms with Crippen LogP contribution in [0, 0.1) is 23.6 Å². The van der Waals surface area contributed by atoms with Gasteiger partial charge in [0.05, 0.1) is 18.3 Å². The lowest BCUT2D eigenvalue weighted by molar-refractivity contribution is -0.142. The number of rotatable bonds is 8. The van der Waals surface area contributed by atoms with Gasteiger partial charge >= 0.3 is 5.97 Å². The van der Waals surface area contributed by atoms with Gasteiger partial charge in [0.1, 0.15) is 18.3 Å². The van der Waals surface area contributed by atoms with Crippen LogP contribution in [0.1, 0.15) is 93.0 Å². The number of fused-ring (bicyclic) bond motifs is 2. The van der Waals surface area contributed by atoms with E-state index in [1.165, 1.54) is 44.6 Å². The van der Waals surface area contributed by atoms with E-state index in [0.29, 0.717) is 12.4 Å². The van der Waals surface area contributed by atoms with Crippen molar-refractivity contribution in [1.29, 1.82) is 0 Å². The molecule has 7 heteroatoms. The van der Waals surface area contributed by atoms with E-state index in [9.17, 15) is 14.7 Å². The molecule has 1 N–H and O–H groups in total. The van der Waals surface area contributed by atoms with E-state index < -0.39 is 29.8 Å². The summed E-state index contributed by atoms with van der Waals surface area (Å²) in [5.74, 6) is 0.954. The number of amides is 1. The maximum atomic E-state index is 15.1. The van der Waals surface area contributed by atoms with Crippen LogP contribution in [0.25, 0.3) is 0 Å². The highest BCUT2D eigenvalue weighted by atomic mass is 19.1. The van der Waals surface area contributed by atoms with Crippen LogP contribution in [0.3, 0.4) is 0 Å². The summed E-state index contributed by atoms with van der Waals surface area (Å²) >= 11 is 0. The van der Waals surface area contributed by atoms with Gasteiger partial charge in [-0.2, -0.15) is 0 Å². The molecule has 4 fully saturated rings. The van der Waals surface area contributed by atoms with E-state index in [2.05, 4.69) is 0 Å². The molecule has 1 amide bonds. The molecule has 0 aromatic heterocycles. The van der Waals surface area contributed by atoms with Crippen LogP contribution in [-0.4, -0.2) is 47.4 Å². The Morgan fingerprint density at radius 1 is 1.15 bits per heavy atom. The first-order valence-corrected chi connectivity index (χ1v) is 13.0. The van der Waals surface area contributed by atoms with Crippen molar-refractivity contribution in [2.75, 3.05) is 13.3 Å². The van der Waals surface area contributed by atoms with Crippen molar-refractivity contribution >= 4 is 11.9 Å². The summed E-state index contributed by atoms with van der Waals surface area (Å²) in [4.78, 5) is 25.8. The van der Waals surface area contributed by atoms with Crippen LogP contribution in [0.15, 0.2) is 12.1 Å². The van der Waals surface area contributed by atoms with E-state index in [1.807, 2.05) is 0 Å². The van der Waals surface area contributed by atoms with Crippen molar-refractivity contribution in [3.63, 3.8) is 0 Å². The summed E-state index contributed by atoms with van der Waals surface area (Å²) in [6.45, 7) is 2.00. The Bertz CT molecular complexity index is 920. The van der Waals surface area contributed by atoms with Crippen molar-refractivity contribution in [3.05, 3.63) is 29.1 Å². The van der Waals surface area contributed by atoms with Crippen LogP contribution in [0.4, 0.5) is 4.39 Å². The van der Waals surface area contributed by atoms with Crippen molar-refractivity contribution in [2.45, 2.75) is 89.2 Å². The minimum absolute atomic E-state index is 0.105. The fraction of sp³-hybridized carbons (Fsp3) is 0.704. The van der Waals surface area contributed by atoms with Crippen molar-refractivity contribution in [2.24, 2.45) is 17.8 Å². The standard InChI is InChI=1S/C27H36FNO5/c1-16-25(27(31)32)29(15-34-16)26(30)22-13-21(20-7-8-20)24(14-23(22)28)33-9-3-6-19-11-17-4-2-5-18(10-17)12-19/h13-14,16-20,25H,2-12,15H2,1H3,(H,31,32)/t16-,17?,18?,19?,25+/m1/s1. The van der Waals surface area contributed by atoms with Crippen LogP contribution in [0.5, 0.6) is 5.75 Å². The van der Waals surface area contributed by atoms with Crippen LogP contribution < -0.4 is 4.74 Å². The average Bonchev–Trinajstić information content (AvgIpc) is 3.56. The molecular weight excluding hydrogens is 437 g/mol. The second-order valence-electron chi connectivity index (χ2n) is 10.9. The maximum Gasteiger partial charge on any atom is 0.329 e. The third-order valence-corrected chi connectivity index (χ3v) is 8.36. The lowest BCUT2D eigenvalue weighted by atomic mass is 9.67. The molecule has 1 aromatic rings. The summed E-state index contributed by atoms with van der Waals surface area (Å²) in [6, 6.07) is 1.78. The molecule has 2 bridgehead atoms. The molecule has 2 unspecified atom stereocenters. The third-order valence-electron chi connectivity index (χ3n) is 8.36. The highest BCUT2D eigenvalue weighted by Gasteiger charge is 2.42. The molecule has 1 heterocycles. The van der Waals surface area contributed by atoms with Gasteiger partial charge in [0, 0.05) is 6.07 Å². The lowest BCUT2D eigenvalue weighted by Crippen LogP contribution is -2.44. The van der Waals surface area contributed by atoms with E-state index in [-0.39, 0.29) is 18.2 Å². The van der Waals surface area contributed by atoms with Crippen LogP contribution >= 0.6 is 0 Å². The zero-order chi connectivity index (χ0) is 23.8. The second-order valence-corrected chi connectivity index (χ2v) is 10.9. The molecule has 3 aliphatic carbocycles. The number of benzene rings is 1. The smallest absolute Gasteiger partial charge is 0.329 e. The lowest BCUT2D eigenvalue weighted by Gasteiger charge is -2.39. The molecule has 0 radical (unpaired) electrons. The van der Waals surface area contributed by atoms with Crippen LogP contribution in [-0.2, 0) is 9.53 Å². The number of carboxylic acids is 1. The third kappa shape index (κ3) is 4.95. The number of carbonyl (C=O) groups is 2. The molecule has 0 spiro atoms. The Morgan fingerprint density at radius 2 is 1.88 bits per heavy atom. The van der Waals surface area contributed by atoms with Gasteiger partial charge < -0.3 is 14.6 Å². The quantitative estimate of drug-likeness (QED) is 0.515. The minimum atomic E-state index is -1.15. The predicted octanol–water partition coefficient (Wildman–Crippen LogP) is 5.35. The SMILES string of the molecule is C[C@H]1OCN(C(=O)c2cc(C3CC3)c(OCCCC3CC4CCCC(C3)C4)cc2F)[C@@H]1C(=O)O. The Morgan fingerprint density at radius 3 is 2.56 bits per heavy atom. The van der Waals surface area contributed by atoms with Gasteiger partial charge in [-0.15, -0.1) is 0 Å². The van der Waals surface area contributed by atoms with Gasteiger partial charge in [0.25, 0.3) is 5.91 Å². The number of hydrogen-bond donors (Lipinski definition) is 1. The minimum Gasteiger partial charge on any atom is -0.493 e. The molecule has 1 aromatic carbocycles. The monoisotopic (exact) mass is 473 g/mol. The zero-order valence-electron chi connectivity index (χ0n) is 20.0. The maximum absolute atomic E-state index is 15.1. The largest absolute Gasteiger partial charge is 0.493 e. The highest BCUT2D eigenvalue weighted by molar-refractivity contribution is 5.97. The van der Waals surface area contributed by atoms with Crippen LogP contribution in [0.2, 0.25) is 0 Å². The van der Waals surface area contributed by atoms with Gasteiger partial charge in [-0.1, -0.05) is 19.3 Å². The molecular formula is C27H36FNO5. The fourth-order valence-corrected chi connectivity index (χ4v) is 6.53. The first-order valence-electron chi connectivity index (χ1n) is 13.0. The number of halogens is 1. The molecule has 3 saturated carbocycles. The topological polar surface area (TPSA) is 76.1 Å². The normalized spacial score (nSPS) is 30.9. The molecule has 5 rings (SSSR count). The second kappa shape index (κ2) is 9.84. The zero-order valence-corrected chi connectivity index (χ0v) is 20.0. The summed E-state index contributed by atoms with van der Waals surface area (Å²) in [5.41, 5.74) is 0.754. The molecule has 34 heavy (non-hydrogen) atoms. The first-order chi connectivity index (χ1) is 16.4. The van der Waals surface area contributed by atoms with Crippen molar-refractivity contribution in [1.82, 2.24) is 4.90 Å². The Hall–Kier alpha value is -2.15. The van der Waals surface area contributed by atoms with Gasteiger partial charge in [0.2, 0.25) is 0 Å². The number of nitrogens with zero attached hydrogens (tertiary/aromatic N) is 1. The Labute approximate surface area is 200 Å². The number of carbonyl (C=O) groups excluding carboxylic acids is 1. The number of aliphatic carboxylic acids is 1. The summed E-state index contributed by atoms with van der Waals surface area (Å²) in [5, 5.41) is 9.49. The van der Waals surface area contributed by atoms with Gasteiger partial charge in [-0.05, 0) is 87.2 Å². The first kappa shape index (κ1) is 23.6. The van der Waals surface area contributed by atoms with Gasteiger partial charge in [-0.25, -0.2) is 9.18 Å². The van der Waals surface area contributed by atoms with Crippen molar-refractivity contribution in [3.8, 4) is 5.75 Å². The molecule has 1 saturated heterocycles. The van der Waals surface area contributed by atoms with Crippen molar-refractivity contribution < 1.29 is 28.6 Å². The number of carboxylic acid groups (broad SMARTS) is 1. The van der Waals surface area contributed by atoms with Gasteiger partial charge in [-0.3, -0.25) is 9.69 Å². The summed E-state index contributed by atoms with van der Waals surface area (Å²) in [7, 11) is 0. The molecule has 6 nitrogen and oxygen atoms in total. The molecule has 4 aliphatic rings.